The molecule has 1 aliphatic carbocycles. The summed E-state index contributed by atoms with van der Waals surface area (Å²) < 4.78 is 16.6. The molecule has 0 N–H and O–H groups in total. The maximum atomic E-state index is 14.1. The van der Waals surface area contributed by atoms with Crippen LogP contribution in [0.3, 0.4) is 0 Å². The Morgan fingerprint density at radius 1 is 0.947 bits per heavy atom. The van der Waals surface area contributed by atoms with Gasteiger partial charge in [-0.15, -0.1) is 0 Å². The predicted molar refractivity (Wildman–Crippen MR) is 153 cm³/mol. The van der Waals surface area contributed by atoms with Gasteiger partial charge in [0, 0.05) is 31.2 Å². The van der Waals surface area contributed by atoms with Crippen LogP contribution in [0.5, 0.6) is 17.2 Å². The lowest BCUT2D eigenvalue weighted by atomic mass is 9.89. The third-order valence-corrected chi connectivity index (χ3v) is 8.00. The summed E-state index contributed by atoms with van der Waals surface area (Å²) in [6.07, 6.45) is 11.3. The van der Waals surface area contributed by atoms with Gasteiger partial charge < -0.3 is 19.1 Å². The van der Waals surface area contributed by atoms with E-state index >= 15 is 0 Å². The molecule has 1 saturated heterocycles. The number of amides is 1. The maximum absolute atomic E-state index is 14.1. The molecule has 6 heteroatoms. The van der Waals surface area contributed by atoms with E-state index in [4.69, 9.17) is 14.2 Å². The molecule has 0 radical (unpaired) electrons. The van der Waals surface area contributed by atoms with Crippen molar-refractivity contribution < 1.29 is 19.0 Å². The van der Waals surface area contributed by atoms with Gasteiger partial charge in [0.15, 0.2) is 11.5 Å². The largest absolute Gasteiger partial charge is 0.493 e. The topological polar surface area (TPSA) is 51.2 Å². The number of hydrogen-bond donors (Lipinski definition) is 0. The van der Waals surface area contributed by atoms with Crippen molar-refractivity contribution in [3.05, 3.63) is 59.2 Å². The van der Waals surface area contributed by atoms with Gasteiger partial charge in [0.1, 0.15) is 0 Å². The first kappa shape index (κ1) is 28.0. The number of benzene rings is 2. The number of hydrogen-bond acceptors (Lipinski definition) is 5. The van der Waals surface area contributed by atoms with Crippen molar-refractivity contribution in [2.75, 3.05) is 47.5 Å². The highest BCUT2D eigenvalue weighted by molar-refractivity contribution is 5.96. The summed E-state index contributed by atoms with van der Waals surface area (Å²) in [5.41, 5.74) is 2.84. The van der Waals surface area contributed by atoms with Crippen molar-refractivity contribution in [3.63, 3.8) is 0 Å². The molecular formula is C32H44N2O4. The number of ether oxygens (including phenoxy) is 3. The summed E-state index contributed by atoms with van der Waals surface area (Å²) in [5.74, 6) is 2.25. The highest BCUT2D eigenvalue weighted by Gasteiger charge is 2.31. The van der Waals surface area contributed by atoms with Gasteiger partial charge in [-0.2, -0.15) is 0 Å². The normalized spacial score (nSPS) is 18.8. The number of likely N-dealkylation sites (tertiary alicyclic amines) is 1. The summed E-state index contributed by atoms with van der Waals surface area (Å²) in [4.78, 5) is 18.7. The minimum Gasteiger partial charge on any atom is -0.493 e. The van der Waals surface area contributed by atoms with Gasteiger partial charge >= 0.3 is 0 Å². The van der Waals surface area contributed by atoms with Crippen molar-refractivity contribution in [1.29, 1.82) is 0 Å². The molecule has 1 saturated carbocycles. The zero-order valence-electron chi connectivity index (χ0n) is 23.6. The van der Waals surface area contributed by atoms with Crippen molar-refractivity contribution in [1.82, 2.24) is 9.80 Å². The fourth-order valence-electron chi connectivity index (χ4n) is 6.08. The van der Waals surface area contributed by atoms with Crippen LogP contribution in [0.15, 0.2) is 48.0 Å². The van der Waals surface area contributed by atoms with Gasteiger partial charge in [-0.3, -0.25) is 9.69 Å². The third-order valence-electron chi connectivity index (χ3n) is 8.00. The first-order valence-electron chi connectivity index (χ1n) is 14.1. The molecule has 1 unspecified atom stereocenters. The van der Waals surface area contributed by atoms with Crippen LogP contribution in [-0.2, 0) is 0 Å². The summed E-state index contributed by atoms with van der Waals surface area (Å²) in [6.45, 7) is 5.68. The summed E-state index contributed by atoms with van der Waals surface area (Å²) in [5, 5.41) is 0. The maximum Gasteiger partial charge on any atom is 0.254 e. The van der Waals surface area contributed by atoms with Gasteiger partial charge in [-0.25, -0.2) is 0 Å². The van der Waals surface area contributed by atoms with Crippen LogP contribution in [0.4, 0.5) is 0 Å². The van der Waals surface area contributed by atoms with Crippen molar-refractivity contribution in [3.8, 4) is 17.2 Å². The Morgan fingerprint density at radius 3 is 2.26 bits per heavy atom. The Kier molecular flexibility index (Phi) is 10.1. The molecule has 206 valence electrons. The number of carbonyl (C=O) groups excluding carboxylic acids is 1. The second-order valence-corrected chi connectivity index (χ2v) is 10.8. The monoisotopic (exact) mass is 520 g/mol. The van der Waals surface area contributed by atoms with Crippen LogP contribution in [0.2, 0.25) is 0 Å². The van der Waals surface area contributed by atoms with E-state index in [-0.39, 0.29) is 5.91 Å². The second-order valence-electron chi connectivity index (χ2n) is 10.8. The molecule has 0 spiro atoms. The first-order chi connectivity index (χ1) is 18.5. The lowest BCUT2D eigenvalue weighted by Crippen LogP contribution is -2.45. The minimum absolute atomic E-state index is 0.0189. The Balaban J connectivity index is 1.59. The van der Waals surface area contributed by atoms with Crippen LogP contribution >= 0.6 is 0 Å². The van der Waals surface area contributed by atoms with E-state index in [1.165, 1.54) is 38.5 Å². The molecule has 1 amide bonds. The van der Waals surface area contributed by atoms with E-state index < -0.39 is 0 Å². The second kappa shape index (κ2) is 13.7. The molecule has 2 aromatic rings. The van der Waals surface area contributed by atoms with E-state index in [1.807, 2.05) is 23.1 Å². The number of nitrogens with zero attached hydrogens (tertiary/aromatic N) is 2. The lowest BCUT2D eigenvalue weighted by molar-refractivity contribution is 0.0709. The Morgan fingerprint density at radius 2 is 1.63 bits per heavy atom. The molecule has 1 aliphatic heterocycles. The van der Waals surface area contributed by atoms with E-state index in [2.05, 4.69) is 30.0 Å². The molecule has 0 bridgehead atoms. The van der Waals surface area contributed by atoms with E-state index in [0.717, 1.165) is 36.6 Å². The quantitative estimate of drug-likeness (QED) is 0.348. The molecule has 1 atom stereocenters. The molecule has 6 nitrogen and oxygen atoms in total. The Hall–Kier alpha value is -2.99. The average molecular weight is 521 g/mol. The summed E-state index contributed by atoms with van der Waals surface area (Å²) in [6, 6.07) is 14.2. The predicted octanol–water partition coefficient (Wildman–Crippen LogP) is 6.30. The van der Waals surface area contributed by atoms with Gasteiger partial charge in [0.05, 0.1) is 21.3 Å². The third kappa shape index (κ3) is 7.10. The average Bonchev–Trinajstić information content (AvgIpc) is 3.38. The molecule has 0 aromatic heterocycles. The zero-order chi connectivity index (χ0) is 26.9. The molecular weight excluding hydrogens is 476 g/mol. The highest BCUT2D eigenvalue weighted by atomic mass is 16.5. The van der Waals surface area contributed by atoms with E-state index in [1.54, 1.807) is 33.5 Å². The van der Waals surface area contributed by atoms with Gasteiger partial charge in [0.25, 0.3) is 5.91 Å². The van der Waals surface area contributed by atoms with Crippen LogP contribution in [0.1, 0.15) is 67.8 Å². The number of methoxy groups -OCH3 is 3. The van der Waals surface area contributed by atoms with Crippen molar-refractivity contribution in [2.45, 2.75) is 57.9 Å². The smallest absolute Gasteiger partial charge is 0.254 e. The van der Waals surface area contributed by atoms with Gasteiger partial charge in [-0.05, 0) is 62.8 Å². The molecule has 4 rings (SSSR count). The zero-order valence-corrected chi connectivity index (χ0v) is 23.6. The molecule has 2 aliphatic rings. The summed E-state index contributed by atoms with van der Waals surface area (Å²) in [7, 11) is 4.74. The van der Waals surface area contributed by atoms with Crippen LogP contribution in [0, 0.1) is 5.92 Å². The van der Waals surface area contributed by atoms with E-state index in [9.17, 15) is 4.79 Å². The van der Waals surface area contributed by atoms with E-state index in [0.29, 0.717) is 41.9 Å². The summed E-state index contributed by atoms with van der Waals surface area (Å²) >= 11 is 0. The Labute approximate surface area is 228 Å². The molecule has 38 heavy (non-hydrogen) atoms. The van der Waals surface area contributed by atoms with Gasteiger partial charge in [0.2, 0.25) is 5.75 Å². The van der Waals surface area contributed by atoms with Crippen LogP contribution in [0.25, 0.3) is 6.08 Å². The lowest BCUT2D eigenvalue weighted by Gasteiger charge is -2.34. The standard InChI is InChI=1S/C32H44N2O4/c1-24(18-25-12-7-5-8-13-25)21-34(23-28-16-11-17-33(28)22-26-14-9-6-10-15-26)32(35)27-19-29(36-2)31(38-4)30(20-27)37-3/h5,7-8,12-13,18-20,26,28H,6,9-11,14-17,21-23H2,1-4H3. The van der Waals surface area contributed by atoms with Crippen molar-refractivity contribution in [2.24, 2.45) is 5.92 Å². The molecule has 1 heterocycles. The minimum atomic E-state index is -0.0189. The fraction of sp³-hybridized carbons (Fsp3) is 0.531. The first-order valence-corrected chi connectivity index (χ1v) is 14.1. The van der Waals surface area contributed by atoms with Crippen LogP contribution < -0.4 is 14.2 Å². The number of carbonyl (C=O) groups is 1. The number of rotatable bonds is 11. The molecule has 2 aromatic carbocycles. The SMILES string of the molecule is COc1cc(C(=O)N(CC(C)=Cc2ccccc2)CC2CCCN2CC2CCCCC2)cc(OC)c1OC. The molecule has 2 fully saturated rings. The van der Waals surface area contributed by atoms with Crippen LogP contribution in [-0.4, -0.2) is 69.3 Å². The Bertz CT molecular complexity index is 1050. The fourth-order valence-corrected chi connectivity index (χ4v) is 6.08. The van der Waals surface area contributed by atoms with Crippen molar-refractivity contribution >= 4 is 12.0 Å². The highest BCUT2D eigenvalue weighted by Crippen LogP contribution is 2.38. The van der Waals surface area contributed by atoms with Gasteiger partial charge in [-0.1, -0.05) is 61.2 Å².